The van der Waals surface area contributed by atoms with Gasteiger partial charge in [-0.2, -0.15) is 5.10 Å². The first-order chi connectivity index (χ1) is 9.56. The van der Waals surface area contributed by atoms with Crippen molar-refractivity contribution in [1.29, 1.82) is 0 Å². The number of ether oxygens (including phenoxy) is 2. The van der Waals surface area contributed by atoms with Crippen LogP contribution in [0.3, 0.4) is 0 Å². The molecule has 0 aliphatic rings. The fraction of sp³-hybridized carbons (Fsp3) is 0.231. The Morgan fingerprint density at radius 2 is 2.10 bits per heavy atom. The molecule has 20 heavy (non-hydrogen) atoms. The van der Waals surface area contributed by atoms with E-state index in [4.69, 9.17) is 15.2 Å². The molecule has 7 nitrogen and oxygen atoms in total. The van der Waals surface area contributed by atoms with Gasteiger partial charge in [0.25, 0.3) is 5.91 Å². The second-order valence-electron chi connectivity index (χ2n) is 4.09. The predicted molar refractivity (Wildman–Crippen MR) is 75.1 cm³/mol. The van der Waals surface area contributed by atoms with E-state index in [-0.39, 0.29) is 5.91 Å². The average Bonchev–Trinajstić information content (AvgIpc) is 2.79. The van der Waals surface area contributed by atoms with Crippen LogP contribution < -0.4 is 20.5 Å². The zero-order chi connectivity index (χ0) is 14.7. The Morgan fingerprint density at radius 1 is 1.35 bits per heavy atom. The summed E-state index contributed by atoms with van der Waals surface area (Å²) in [6.45, 7) is 0. The van der Waals surface area contributed by atoms with Crippen molar-refractivity contribution in [2.45, 2.75) is 0 Å². The molecule has 1 aromatic heterocycles. The fourth-order valence-corrected chi connectivity index (χ4v) is 1.72. The number of nitrogens with zero attached hydrogens (tertiary/aromatic N) is 2. The molecule has 0 aliphatic carbocycles. The normalized spacial score (nSPS) is 10.2. The van der Waals surface area contributed by atoms with E-state index in [1.807, 2.05) is 0 Å². The van der Waals surface area contributed by atoms with Crippen LogP contribution >= 0.6 is 0 Å². The number of nitrogen functional groups attached to an aromatic ring is 1. The number of nitrogens with two attached hydrogens (primary N) is 1. The molecule has 0 atom stereocenters. The predicted octanol–water partition coefficient (Wildman–Crippen LogP) is 1.27. The van der Waals surface area contributed by atoms with E-state index < -0.39 is 0 Å². The van der Waals surface area contributed by atoms with Gasteiger partial charge in [-0.15, -0.1) is 0 Å². The van der Waals surface area contributed by atoms with Crippen molar-refractivity contribution >= 4 is 17.4 Å². The molecule has 1 heterocycles. The highest BCUT2D eigenvalue weighted by Gasteiger charge is 2.16. The minimum atomic E-state index is -0.359. The molecule has 0 aliphatic heterocycles. The lowest BCUT2D eigenvalue weighted by Gasteiger charge is -2.11. The zero-order valence-electron chi connectivity index (χ0n) is 11.5. The fourth-order valence-electron chi connectivity index (χ4n) is 1.72. The number of carbonyl (C=O) groups excluding carboxylic acids is 1. The van der Waals surface area contributed by atoms with E-state index >= 15 is 0 Å². The van der Waals surface area contributed by atoms with E-state index in [0.717, 1.165) is 0 Å². The number of aromatic nitrogens is 2. The molecule has 2 aromatic rings. The number of rotatable bonds is 4. The van der Waals surface area contributed by atoms with Gasteiger partial charge in [-0.3, -0.25) is 9.48 Å². The highest BCUT2D eigenvalue weighted by atomic mass is 16.5. The first-order valence-corrected chi connectivity index (χ1v) is 5.87. The van der Waals surface area contributed by atoms with Gasteiger partial charge < -0.3 is 20.5 Å². The molecule has 0 radical (unpaired) electrons. The number of methoxy groups -OCH3 is 2. The molecule has 0 saturated heterocycles. The van der Waals surface area contributed by atoms with Crippen LogP contribution in [0.2, 0.25) is 0 Å². The van der Waals surface area contributed by atoms with Gasteiger partial charge in [0.1, 0.15) is 22.9 Å². The van der Waals surface area contributed by atoms with Gasteiger partial charge in [0.2, 0.25) is 0 Å². The highest BCUT2D eigenvalue weighted by molar-refractivity contribution is 6.07. The number of benzene rings is 1. The Labute approximate surface area is 116 Å². The zero-order valence-corrected chi connectivity index (χ0v) is 11.5. The molecule has 0 saturated carbocycles. The summed E-state index contributed by atoms with van der Waals surface area (Å²) in [7, 11) is 4.74. The number of carbonyl (C=O) groups is 1. The summed E-state index contributed by atoms with van der Waals surface area (Å²) in [5, 5.41) is 6.66. The van der Waals surface area contributed by atoms with Gasteiger partial charge in [0, 0.05) is 13.1 Å². The average molecular weight is 276 g/mol. The van der Waals surface area contributed by atoms with E-state index in [9.17, 15) is 4.79 Å². The number of aryl methyl sites for hydroxylation is 1. The van der Waals surface area contributed by atoms with Crippen LogP contribution in [0.4, 0.5) is 11.5 Å². The SMILES string of the molecule is COc1ccc(OC)c(NC(=O)c2cnn(C)c2N)c1. The Balaban J connectivity index is 2.29. The molecule has 106 valence electrons. The molecular formula is C13H16N4O3. The van der Waals surface area contributed by atoms with Crippen LogP contribution in [0, 0.1) is 0 Å². The number of anilines is 2. The Kier molecular flexibility index (Phi) is 3.79. The molecule has 3 N–H and O–H groups in total. The molecular weight excluding hydrogens is 260 g/mol. The summed E-state index contributed by atoms with van der Waals surface area (Å²) in [4.78, 5) is 12.2. The first-order valence-electron chi connectivity index (χ1n) is 5.87. The van der Waals surface area contributed by atoms with Gasteiger partial charge in [-0.25, -0.2) is 0 Å². The lowest BCUT2D eigenvalue weighted by molar-refractivity contribution is 0.102. The van der Waals surface area contributed by atoms with E-state index in [1.165, 1.54) is 18.0 Å². The molecule has 0 unspecified atom stereocenters. The Morgan fingerprint density at radius 3 is 2.65 bits per heavy atom. The molecule has 2 rings (SSSR count). The number of hydrogen-bond donors (Lipinski definition) is 2. The van der Waals surface area contributed by atoms with Crippen molar-refractivity contribution in [2.75, 3.05) is 25.3 Å². The van der Waals surface area contributed by atoms with Crippen LogP contribution in [-0.2, 0) is 7.05 Å². The van der Waals surface area contributed by atoms with Crippen LogP contribution in [0.5, 0.6) is 11.5 Å². The van der Waals surface area contributed by atoms with Gasteiger partial charge in [0.05, 0.1) is 26.1 Å². The van der Waals surface area contributed by atoms with Gasteiger partial charge in [0.15, 0.2) is 0 Å². The summed E-state index contributed by atoms with van der Waals surface area (Å²) < 4.78 is 11.7. The molecule has 0 fully saturated rings. The summed E-state index contributed by atoms with van der Waals surface area (Å²) in [5.74, 6) is 1.08. The summed E-state index contributed by atoms with van der Waals surface area (Å²) in [6.07, 6.45) is 1.41. The quantitative estimate of drug-likeness (QED) is 0.877. The van der Waals surface area contributed by atoms with Crippen LogP contribution in [0.15, 0.2) is 24.4 Å². The van der Waals surface area contributed by atoms with E-state index in [1.54, 1.807) is 32.4 Å². The van der Waals surface area contributed by atoms with E-state index in [0.29, 0.717) is 28.6 Å². The minimum Gasteiger partial charge on any atom is -0.497 e. The van der Waals surface area contributed by atoms with E-state index in [2.05, 4.69) is 10.4 Å². The third-order valence-electron chi connectivity index (χ3n) is 2.88. The topological polar surface area (TPSA) is 91.4 Å². The maximum absolute atomic E-state index is 12.2. The number of amides is 1. The molecule has 1 amide bonds. The maximum atomic E-state index is 12.2. The Hall–Kier alpha value is -2.70. The van der Waals surface area contributed by atoms with Crippen molar-refractivity contribution in [3.63, 3.8) is 0 Å². The van der Waals surface area contributed by atoms with Crippen molar-refractivity contribution in [3.05, 3.63) is 30.0 Å². The van der Waals surface area contributed by atoms with Crippen molar-refractivity contribution in [3.8, 4) is 11.5 Å². The molecule has 7 heteroatoms. The van der Waals surface area contributed by atoms with Crippen LogP contribution in [-0.4, -0.2) is 29.9 Å². The minimum absolute atomic E-state index is 0.296. The summed E-state index contributed by atoms with van der Waals surface area (Å²) in [6, 6.07) is 5.12. The lowest BCUT2D eigenvalue weighted by Crippen LogP contribution is -2.14. The standard InChI is InChI=1S/C13H16N4O3/c1-17-12(14)9(7-15-17)13(18)16-10-6-8(19-2)4-5-11(10)20-3/h4-7H,14H2,1-3H3,(H,16,18). The summed E-state index contributed by atoms with van der Waals surface area (Å²) in [5.41, 5.74) is 6.57. The second kappa shape index (κ2) is 5.52. The molecule has 0 spiro atoms. The van der Waals surface area contributed by atoms with Crippen LogP contribution in [0.1, 0.15) is 10.4 Å². The van der Waals surface area contributed by atoms with Crippen LogP contribution in [0.25, 0.3) is 0 Å². The maximum Gasteiger partial charge on any atom is 0.261 e. The molecule has 1 aromatic carbocycles. The second-order valence-corrected chi connectivity index (χ2v) is 4.09. The lowest BCUT2D eigenvalue weighted by atomic mass is 10.2. The first kappa shape index (κ1) is 13.7. The number of hydrogen-bond acceptors (Lipinski definition) is 5. The van der Waals surface area contributed by atoms with Crippen molar-refractivity contribution in [2.24, 2.45) is 7.05 Å². The van der Waals surface area contributed by atoms with Gasteiger partial charge >= 0.3 is 0 Å². The summed E-state index contributed by atoms with van der Waals surface area (Å²) >= 11 is 0. The monoisotopic (exact) mass is 276 g/mol. The third kappa shape index (κ3) is 2.51. The van der Waals surface area contributed by atoms with Crippen molar-refractivity contribution in [1.82, 2.24) is 9.78 Å². The molecule has 0 bridgehead atoms. The smallest absolute Gasteiger partial charge is 0.261 e. The highest BCUT2D eigenvalue weighted by Crippen LogP contribution is 2.29. The van der Waals surface area contributed by atoms with Gasteiger partial charge in [-0.1, -0.05) is 0 Å². The number of nitrogens with one attached hydrogen (secondary N) is 1. The van der Waals surface area contributed by atoms with Crippen molar-refractivity contribution < 1.29 is 14.3 Å². The third-order valence-corrected chi connectivity index (χ3v) is 2.88. The van der Waals surface area contributed by atoms with Gasteiger partial charge in [-0.05, 0) is 12.1 Å². The Bertz CT molecular complexity index is 637. The largest absolute Gasteiger partial charge is 0.497 e.